The Balaban J connectivity index is 2.12. The van der Waals surface area contributed by atoms with Crippen LogP contribution in [-0.2, 0) is 9.53 Å². The number of likely N-dealkylation sites (tertiary alicyclic amines) is 1. The predicted molar refractivity (Wildman–Crippen MR) is 64.8 cm³/mol. The molecule has 1 aliphatic heterocycles. The maximum absolute atomic E-state index is 11.2. The highest BCUT2D eigenvalue weighted by atomic mass is 16.5. The normalized spacial score (nSPS) is 17.6. The fraction of sp³-hybridized carbons (Fsp3) is 0.818. The Labute approximate surface area is 106 Å². The first-order chi connectivity index (χ1) is 8.61. The zero-order chi connectivity index (χ0) is 13.4. The van der Waals surface area contributed by atoms with Crippen molar-refractivity contribution in [2.75, 3.05) is 32.8 Å². The van der Waals surface area contributed by atoms with Gasteiger partial charge >= 0.3 is 6.03 Å². The minimum Gasteiger partial charge on any atom is -0.394 e. The van der Waals surface area contributed by atoms with E-state index in [0.29, 0.717) is 13.2 Å². The van der Waals surface area contributed by atoms with Crippen LogP contribution in [0.15, 0.2) is 0 Å². The van der Waals surface area contributed by atoms with Crippen molar-refractivity contribution in [3.05, 3.63) is 0 Å². The number of nitrogens with one attached hydrogen (secondary N) is 1. The van der Waals surface area contributed by atoms with Gasteiger partial charge in [-0.25, -0.2) is 4.79 Å². The molecular formula is C11H21N3O4. The lowest BCUT2D eigenvalue weighted by Crippen LogP contribution is -2.41. The van der Waals surface area contributed by atoms with Crippen molar-refractivity contribution < 1.29 is 19.4 Å². The van der Waals surface area contributed by atoms with Crippen molar-refractivity contribution in [2.45, 2.75) is 25.4 Å². The number of rotatable bonds is 6. The van der Waals surface area contributed by atoms with Crippen molar-refractivity contribution in [2.24, 2.45) is 5.73 Å². The smallest absolute Gasteiger partial charge is 0.318 e. The largest absolute Gasteiger partial charge is 0.394 e. The maximum atomic E-state index is 11.2. The van der Waals surface area contributed by atoms with E-state index in [1.54, 1.807) is 0 Å². The van der Waals surface area contributed by atoms with Gasteiger partial charge in [-0.2, -0.15) is 0 Å². The van der Waals surface area contributed by atoms with Gasteiger partial charge in [0.1, 0.15) is 0 Å². The molecule has 1 aliphatic rings. The summed E-state index contributed by atoms with van der Waals surface area (Å²) in [5, 5.41) is 10.7. The fourth-order valence-corrected chi connectivity index (χ4v) is 1.98. The molecule has 0 aliphatic carbocycles. The zero-order valence-corrected chi connectivity index (χ0v) is 10.4. The molecule has 3 amide bonds. The van der Waals surface area contributed by atoms with Gasteiger partial charge in [-0.15, -0.1) is 0 Å². The van der Waals surface area contributed by atoms with Crippen LogP contribution in [0.5, 0.6) is 0 Å². The molecule has 0 aromatic rings. The number of imide groups is 1. The molecule has 0 radical (unpaired) electrons. The van der Waals surface area contributed by atoms with Crippen molar-refractivity contribution in [1.82, 2.24) is 10.2 Å². The molecule has 0 atom stereocenters. The lowest BCUT2D eigenvalue weighted by molar-refractivity contribution is -0.120. The van der Waals surface area contributed by atoms with E-state index in [1.807, 2.05) is 5.32 Å². The number of urea groups is 1. The molecule has 1 heterocycles. The van der Waals surface area contributed by atoms with Crippen molar-refractivity contribution in [1.29, 1.82) is 0 Å². The highest BCUT2D eigenvalue weighted by Gasteiger charge is 2.19. The Bertz CT molecular complexity index is 277. The van der Waals surface area contributed by atoms with E-state index in [4.69, 9.17) is 15.6 Å². The summed E-state index contributed by atoms with van der Waals surface area (Å²) in [7, 11) is 0. The van der Waals surface area contributed by atoms with Gasteiger partial charge < -0.3 is 20.5 Å². The van der Waals surface area contributed by atoms with Crippen LogP contribution in [0.3, 0.4) is 0 Å². The number of carbonyl (C=O) groups excluding carboxylic acids is 2. The molecule has 1 fully saturated rings. The van der Waals surface area contributed by atoms with Crippen LogP contribution in [0, 0.1) is 0 Å². The van der Waals surface area contributed by atoms with E-state index in [1.165, 1.54) is 0 Å². The number of ether oxygens (including phenoxy) is 1. The summed E-state index contributed by atoms with van der Waals surface area (Å²) in [4.78, 5) is 23.8. The fourth-order valence-electron chi connectivity index (χ4n) is 1.98. The molecule has 104 valence electrons. The second-order valence-electron chi connectivity index (χ2n) is 4.30. The molecule has 0 saturated carbocycles. The molecule has 0 unspecified atom stereocenters. The van der Waals surface area contributed by atoms with Crippen molar-refractivity contribution in [3.8, 4) is 0 Å². The third-order valence-corrected chi connectivity index (χ3v) is 2.90. The number of nitrogens with two attached hydrogens (primary N) is 1. The Kier molecular flexibility index (Phi) is 6.63. The second-order valence-corrected chi connectivity index (χ2v) is 4.30. The highest BCUT2D eigenvalue weighted by Crippen LogP contribution is 2.13. The van der Waals surface area contributed by atoms with Crippen LogP contribution in [0.25, 0.3) is 0 Å². The third-order valence-electron chi connectivity index (χ3n) is 2.90. The number of amides is 3. The molecule has 0 aromatic heterocycles. The summed E-state index contributed by atoms with van der Waals surface area (Å²) in [5.74, 6) is -0.346. The van der Waals surface area contributed by atoms with Gasteiger partial charge in [0.25, 0.3) is 0 Å². The minimum atomic E-state index is -0.809. The van der Waals surface area contributed by atoms with Crippen molar-refractivity contribution >= 4 is 11.9 Å². The number of primary amides is 1. The van der Waals surface area contributed by atoms with Gasteiger partial charge in [0, 0.05) is 26.1 Å². The lowest BCUT2D eigenvalue weighted by Gasteiger charge is -2.31. The van der Waals surface area contributed by atoms with Crippen LogP contribution in [0.4, 0.5) is 4.79 Å². The monoisotopic (exact) mass is 259 g/mol. The predicted octanol–water partition coefficient (Wildman–Crippen LogP) is -0.955. The number of hydrogen-bond donors (Lipinski definition) is 3. The number of aliphatic hydroxyl groups excluding tert-OH is 1. The third kappa shape index (κ3) is 5.95. The van der Waals surface area contributed by atoms with Gasteiger partial charge in [-0.1, -0.05) is 0 Å². The molecule has 4 N–H and O–H groups in total. The molecule has 7 heteroatoms. The van der Waals surface area contributed by atoms with E-state index in [2.05, 4.69) is 4.90 Å². The van der Waals surface area contributed by atoms with Crippen LogP contribution in [0.1, 0.15) is 19.3 Å². The van der Waals surface area contributed by atoms with Crippen LogP contribution >= 0.6 is 0 Å². The van der Waals surface area contributed by atoms with Gasteiger partial charge in [-0.05, 0) is 12.8 Å². The summed E-state index contributed by atoms with van der Waals surface area (Å²) in [6, 6.07) is -0.809. The summed E-state index contributed by atoms with van der Waals surface area (Å²) >= 11 is 0. The summed E-state index contributed by atoms with van der Waals surface area (Å²) < 4.78 is 5.44. The molecule has 1 saturated heterocycles. The average Bonchev–Trinajstić information content (AvgIpc) is 2.34. The Morgan fingerprint density at radius 1 is 1.39 bits per heavy atom. The highest BCUT2D eigenvalue weighted by molar-refractivity contribution is 5.93. The number of hydrogen-bond acceptors (Lipinski definition) is 5. The number of carbonyl (C=O) groups is 2. The number of piperidine rings is 1. The maximum Gasteiger partial charge on any atom is 0.318 e. The minimum absolute atomic E-state index is 0.0491. The Morgan fingerprint density at radius 2 is 2.06 bits per heavy atom. The van der Waals surface area contributed by atoms with Gasteiger partial charge in [0.05, 0.1) is 19.3 Å². The van der Waals surface area contributed by atoms with Gasteiger partial charge in [-0.3, -0.25) is 10.1 Å². The summed E-state index contributed by atoms with van der Waals surface area (Å²) in [6.45, 7) is 2.77. The summed E-state index contributed by atoms with van der Waals surface area (Å²) in [6.07, 6.45) is 2.27. The first kappa shape index (κ1) is 14.9. The molecule has 0 aromatic carbocycles. The molecular weight excluding hydrogens is 238 g/mol. The number of aliphatic hydroxyl groups is 1. The quantitative estimate of drug-likeness (QED) is 0.570. The molecule has 0 bridgehead atoms. The SMILES string of the molecule is NC(=O)NC(=O)CCN1CCC(OCCO)CC1. The van der Waals surface area contributed by atoms with Crippen LogP contribution in [0.2, 0.25) is 0 Å². The first-order valence-electron chi connectivity index (χ1n) is 6.16. The second kappa shape index (κ2) is 8.02. The van der Waals surface area contributed by atoms with E-state index in [-0.39, 0.29) is 25.0 Å². The summed E-state index contributed by atoms with van der Waals surface area (Å²) in [5.41, 5.74) is 4.85. The van der Waals surface area contributed by atoms with Crippen molar-refractivity contribution in [3.63, 3.8) is 0 Å². The average molecular weight is 259 g/mol. The molecule has 18 heavy (non-hydrogen) atoms. The Hall–Kier alpha value is -1.18. The Morgan fingerprint density at radius 3 is 2.61 bits per heavy atom. The van der Waals surface area contributed by atoms with Gasteiger partial charge in [0.15, 0.2) is 0 Å². The van der Waals surface area contributed by atoms with Crippen LogP contribution < -0.4 is 11.1 Å². The van der Waals surface area contributed by atoms with Crippen LogP contribution in [-0.4, -0.2) is 60.9 Å². The van der Waals surface area contributed by atoms with Gasteiger partial charge in [0.2, 0.25) is 5.91 Å². The molecule has 7 nitrogen and oxygen atoms in total. The zero-order valence-electron chi connectivity index (χ0n) is 10.4. The lowest BCUT2D eigenvalue weighted by atomic mass is 10.1. The van der Waals surface area contributed by atoms with E-state index in [9.17, 15) is 9.59 Å². The molecule has 1 rings (SSSR count). The van der Waals surface area contributed by atoms with E-state index < -0.39 is 6.03 Å². The molecule has 0 spiro atoms. The van der Waals surface area contributed by atoms with E-state index >= 15 is 0 Å². The first-order valence-corrected chi connectivity index (χ1v) is 6.16. The van der Waals surface area contributed by atoms with E-state index in [0.717, 1.165) is 25.9 Å². The topological polar surface area (TPSA) is 105 Å². The number of nitrogens with zero attached hydrogens (tertiary/aromatic N) is 1. The standard InChI is InChI=1S/C11H21N3O4/c12-11(17)13-10(16)3-6-14-4-1-9(2-5-14)18-8-7-15/h9,15H,1-8H2,(H3,12,13,16,17).